The van der Waals surface area contributed by atoms with E-state index in [9.17, 15) is 48.6 Å². The molecule has 1 aliphatic carbocycles. The first-order valence-corrected chi connectivity index (χ1v) is 21.2. The number of rotatable bonds is 31. The Kier molecular flexibility index (Phi) is 23.4. The lowest BCUT2D eigenvalue weighted by Crippen LogP contribution is -2.51. The van der Waals surface area contributed by atoms with Gasteiger partial charge in [-0.2, -0.15) is 0 Å². The number of hydrogen-bond acceptors (Lipinski definition) is 12. The number of fused-ring (bicyclic) bond motifs is 1. The highest BCUT2D eigenvalue weighted by atomic mass is 16.5. The molecular weight excluding hydrogens is 828 g/mol. The number of aromatic nitrogens is 2. The van der Waals surface area contributed by atoms with E-state index < -0.39 is 60.8 Å². The SMILES string of the molecule is CC(=O)NCCOCCOCCOCCC(=O)NCC1CCC(C(=O)N[C@@H](Cc2c[nH]c3ncccc23)C(=O)NCCCC[C@H](NC(=O)N[C@@H](CCC(=O)O)C(=O)O)C(=O)O)CC1. The van der Waals surface area contributed by atoms with Crippen LogP contribution in [0.3, 0.4) is 0 Å². The molecule has 3 atom stereocenters. The van der Waals surface area contributed by atoms with Gasteiger partial charge in [-0.25, -0.2) is 19.4 Å². The predicted octanol–water partition coefficient (Wildman–Crippen LogP) is 0.446. The quantitative estimate of drug-likeness (QED) is 0.0460. The summed E-state index contributed by atoms with van der Waals surface area (Å²) in [7, 11) is 0. The maximum absolute atomic E-state index is 13.6. The lowest BCUT2D eigenvalue weighted by molar-refractivity contribution is -0.141. The largest absolute Gasteiger partial charge is 0.481 e. The lowest BCUT2D eigenvalue weighted by atomic mass is 9.81. The molecule has 63 heavy (non-hydrogen) atoms. The molecule has 10 N–H and O–H groups in total. The zero-order chi connectivity index (χ0) is 46.0. The maximum atomic E-state index is 13.6. The number of H-pyrrole nitrogens is 1. The summed E-state index contributed by atoms with van der Waals surface area (Å²) in [6.07, 6.45) is 5.95. The smallest absolute Gasteiger partial charge is 0.326 e. The molecule has 0 radical (unpaired) electrons. The average Bonchev–Trinajstić information content (AvgIpc) is 3.66. The molecule has 2 aromatic rings. The first-order valence-electron chi connectivity index (χ1n) is 21.2. The molecule has 350 valence electrons. The molecule has 2 aromatic heterocycles. The fraction of sp³-hybridized carbons (Fsp3) is 0.634. The second kappa shape index (κ2) is 28.7. The van der Waals surface area contributed by atoms with Crippen molar-refractivity contribution < 1.29 is 67.9 Å². The van der Waals surface area contributed by atoms with Gasteiger partial charge < -0.3 is 66.4 Å². The zero-order valence-electron chi connectivity index (χ0n) is 35.6. The zero-order valence-corrected chi connectivity index (χ0v) is 35.6. The van der Waals surface area contributed by atoms with Crippen LogP contribution >= 0.6 is 0 Å². The van der Waals surface area contributed by atoms with Crippen LogP contribution in [0.1, 0.15) is 76.7 Å². The van der Waals surface area contributed by atoms with Crippen molar-refractivity contribution in [3.05, 3.63) is 30.1 Å². The number of pyridine rings is 1. The monoisotopic (exact) mass is 890 g/mol. The summed E-state index contributed by atoms with van der Waals surface area (Å²) in [4.78, 5) is 104. The summed E-state index contributed by atoms with van der Waals surface area (Å²) in [5.41, 5.74) is 1.40. The van der Waals surface area contributed by atoms with Crippen LogP contribution in [0.25, 0.3) is 11.0 Å². The average molecular weight is 891 g/mol. The van der Waals surface area contributed by atoms with E-state index >= 15 is 0 Å². The minimum absolute atomic E-state index is 0.0484. The topological polar surface area (TPSA) is 326 Å². The van der Waals surface area contributed by atoms with Crippen LogP contribution in [-0.2, 0) is 54.2 Å². The Balaban J connectivity index is 1.40. The van der Waals surface area contributed by atoms with E-state index in [2.05, 4.69) is 41.9 Å². The Morgan fingerprint density at radius 2 is 1.40 bits per heavy atom. The molecule has 0 unspecified atom stereocenters. The standard InChI is InChI=1S/C41H62N8O14/c1-26(50)42-16-18-62-20-22-63-21-19-61-17-13-34(51)45-24-27-7-9-28(10-8-27)37(54)47-33(23-29-25-46-36-30(29)5-4-15-43-36)38(55)44-14-3-2-6-31(39(56)57)48-41(60)49-32(40(58)59)11-12-35(52)53/h4-5,15,25,27-28,31-33H,2-3,6-14,16-24H2,1H3,(H,42,50)(H,43,46)(H,44,55)(H,45,51)(H,47,54)(H,52,53)(H,56,57)(H,58,59)(H2,48,49,60)/t27?,28?,31-,32-,33-/m0/s1. The van der Waals surface area contributed by atoms with E-state index in [4.69, 9.17) is 19.3 Å². The highest BCUT2D eigenvalue weighted by Gasteiger charge is 2.31. The number of carboxylic acid groups (broad SMARTS) is 3. The number of nitrogens with one attached hydrogen (secondary N) is 7. The van der Waals surface area contributed by atoms with Crippen LogP contribution in [0.15, 0.2) is 24.5 Å². The van der Waals surface area contributed by atoms with E-state index in [0.717, 1.165) is 10.9 Å². The summed E-state index contributed by atoms with van der Waals surface area (Å²) >= 11 is 0. The fourth-order valence-corrected chi connectivity index (χ4v) is 6.83. The van der Waals surface area contributed by atoms with Gasteiger partial charge in [0.15, 0.2) is 0 Å². The molecular formula is C41H62N8O14. The number of amides is 6. The molecule has 22 nitrogen and oxygen atoms in total. The Morgan fingerprint density at radius 3 is 2.05 bits per heavy atom. The number of nitrogens with zero attached hydrogens (tertiary/aromatic N) is 1. The summed E-state index contributed by atoms with van der Waals surface area (Å²) < 4.78 is 16.2. The van der Waals surface area contributed by atoms with Gasteiger partial charge in [-0.05, 0) is 75.0 Å². The number of urea groups is 1. The van der Waals surface area contributed by atoms with E-state index in [1.54, 1.807) is 18.5 Å². The Labute approximate surface area is 364 Å². The summed E-state index contributed by atoms with van der Waals surface area (Å²) in [6.45, 7) is 4.64. The Hall–Kier alpha value is -5.87. The van der Waals surface area contributed by atoms with Gasteiger partial charge in [0, 0.05) is 69.5 Å². The highest BCUT2D eigenvalue weighted by Crippen LogP contribution is 2.29. The maximum Gasteiger partial charge on any atom is 0.326 e. The second-order valence-corrected chi connectivity index (χ2v) is 15.2. The lowest BCUT2D eigenvalue weighted by Gasteiger charge is -2.29. The minimum Gasteiger partial charge on any atom is -0.481 e. The van der Waals surface area contributed by atoms with Crippen molar-refractivity contribution >= 4 is 58.6 Å². The summed E-state index contributed by atoms with van der Waals surface area (Å²) in [6, 6.07) is -1.30. The van der Waals surface area contributed by atoms with Gasteiger partial charge in [-0.15, -0.1) is 0 Å². The third kappa shape index (κ3) is 20.7. The molecule has 3 rings (SSSR count). The van der Waals surface area contributed by atoms with Gasteiger partial charge in [0.25, 0.3) is 0 Å². The molecule has 1 aliphatic rings. The van der Waals surface area contributed by atoms with Gasteiger partial charge >= 0.3 is 23.9 Å². The van der Waals surface area contributed by atoms with Crippen molar-refractivity contribution in [3.63, 3.8) is 0 Å². The van der Waals surface area contributed by atoms with Crippen LogP contribution in [0.4, 0.5) is 4.79 Å². The van der Waals surface area contributed by atoms with Gasteiger partial charge in [0.05, 0.1) is 39.6 Å². The van der Waals surface area contributed by atoms with Crippen molar-refractivity contribution in [2.45, 2.75) is 95.7 Å². The number of carbonyl (C=O) groups excluding carboxylic acids is 5. The predicted molar refractivity (Wildman–Crippen MR) is 224 cm³/mol. The number of unbranched alkanes of at least 4 members (excludes halogenated alkanes) is 1. The Morgan fingerprint density at radius 1 is 0.746 bits per heavy atom. The fourth-order valence-electron chi connectivity index (χ4n) is 6.83. The van der Waals surface area contributed by atoms with Gasteiger partial charge in [-0.3, -0.25) is 24.0 Å². The minimum atomic E-state index is -1.53. The van der Waals surface area contributed by atoms with E-state index in [0.29, 0.717) is 83.9 Å². The number of carbonyl (C=O) groups is 8. The molecule has 22 heteroatoms. The third-order valence-electron chi connectivity index (χ3n) is 10.3. The Bertz CT molecular complexity index is 1800. The molecule has 0 aliphatic heterocycles. The van der Waals surface area contributed by atoms with Crippen LogP contribution in [0.2, 0.25) is 0 Å². The highest BCUT2D eigenvalue weighted by molar-refractivity contribution is 5.90. The summed E-state index contributed by atoms with van der Waals surface area (Å²) in [5.74, 6) is -5.16. The number of ether oxygens (including phenoxy) is 3. The van der Waals surface area contributed by atoms with Crippen molar-refractivity contribution in [3.8, 4) is 0 Å². The van der Waals surface area contributed by atoms with E-state index in [1.165, 1.54) is 6.92 Å². The van der Waals surface area contributed by atoms with Gasteiger partial charge in [0.1, 0.15) is 23.8 Å². The number of hydrogen-bond donors (Lipinski definition) is 10. The third-order valence-corrected chi connectivity index (χ3v) is 10.3. The molecule has 0 bridgehead atoms. The van der Waals surface area contributed by atoms with Crippen molar-refractivity contribution in [1.82, 2.24) is 41.9 Å². The molecule has 0 spiro atoms. The van der Waals surface area contributed by atoms with Gasteiger partial charge in [0.2, 0.25) is 23.6 Å². The normalized spacial score (nSPS) is 16.2. The van der Waals surface area contributed by atoms with Crippen LogP contribution in [-0.4, -0.2) is 150 Å². The number of carboxylic acids is 3. The first kappa shape index (κ1) is 51.5. The van der Waals surface area contributed by atoms with Crippen LogP contribution < -0.4 is 31.9 Å². The van der Waals surface area contributed by atoms with Crippen LogP contribution in [0, 0.1) is 11.8 Å². The molecule has 0 saturated heterocycles. The molecule has 2 heterocycles. The number of aromatic amines is 1. The van der Waals surface area contributed by atoms with E-state index in [1.807, 2.05) is 6.07 Å². The molecule has 1 fully saturated rings. The van der Waals surface area contributed by atoms with Crippen molar-refractivity contribution in [2.24, 2.45) is 11.8 Å². The van der Waals surface area contributed by atoms with Crippen molar-refractivity contribution in [2.75, 3.05) is 59.3 Å². The van der Waals surface area contributed by atoms with Gasteiger partial charge in [-0.1, -0.05) is 0 Å². The molecule has 0 aromatic carbocycles. The van der Waals surface area contributed by atoms with Crippen LogP contribution in [0.5, 0.6) is 0 Å². The first-order chi connectivity index (χ1) is 30.2. The van der Waals surface area contributed by atoms with E-state index in [-0.39, 0.29) is 68.4 Å². The molecule has 1 saturated carbocycles. The number of aliphatic carboxylic acids is 3. The van der Waals surface area contributed by atoms with Crippen molar-refractivity contribution in [1.29, 1.82) is 0 Å². The molecule has 6 amide bonds. The summed E-state index contributed by atoms with van der Waals surface area (Å²) in [5, 5.41) is 44.1. The second-order valence-electron chi connectivity index (χ2n) is 15.2.